The Labute approximate surface area is 150 Å². The number of hydrogen-bond donors (Lipinski definition) is 0. The Bertz CT molecular complexity index is 607. The summed E-state index contributed by atoms with van der Waals surface area (Å²) >= 11 is 0. The van der Waals surface area contributed by atoms with E-state index in [9.17, 15) is 4.79 Å². The lowest BCUT2D eigenvalue weighted by molar-refractivity contribution is -0.119. The number of benzene rings is 1. The van der Waals surface area contributed by atoms with Gasteiger partial charge in [0.25, 0.3) is 0 Å². The molecule has 1 aromatic rings. The number of allylic oxidation sites excluding steroid dienone is 2. The van der Waals surface area contributed by atoms with Crippen molar-refractivity contribution in [2.75, 3.05) is 32.8 Å². The molecule has 0 saturated carbocycles. The minimum absolute atomic E-state index is 0. The van der Waals surface area contributed by atoms with Gasteiger partial charge in [-0.3, -0.25) is 9.69 Å². The van der Waals surface area contributed by atoms with Crippen LogP contribution >= 0.6 is 12.4 Å². The van der Waals surface area contributed by atoms with Crippen molar-refractivity contribution in [3.05, 3.63) is 47.0 Å². The molecule has 0 aromatic heterocycles. The fourth-order valence-electron chi connectivity index (χ4n) is 4.52. The van der Waals surface area contributed by atoms with Gasteiger partial charge in [-0.25, -0.2) is 0 Å². The van der Waals surface area contributed by atoms with E-state index in [0.717, 1.165) is 45.7 Å². The second kappa shape index (κ2) is 7.81. The summed E-state index contributed by atoms with van der Waals surface area (Å²) < 4.78 is 5.46. The number of morpholine rings is 1. The summed E-state index contributed by atoms with van der Waals surface area (Å²) in [6.45, 7) is 4.38. The molecule has 0 bridgehead atoms. The number of halogens is 1. The largest absolute Gasteiger partial charge is 0.379 e. The number of carbonyl (C=O) groups is 1. The quantitative estimate of drug-likeness (QED) is 0.836. The normalized spacial score (nSPS) is 27.8. The number of Topliss-reactive ketones (excluding diaryl/α,β-unsaturated/α-hetero) is 1. The number of nitrogens with zero attached hydrogens (tertiary/aromatic N) is 1. The van der Waals surface area contributed by atoms with E-state index in [1.165, 1.54) is 29.6 Å². The van der Waals surface area contributed by atoms with Crippen LogP contribution in [0, 0.1) is 5.92 Å². The van der Waals surface area contributed by atoms with Crippen LogP contribution in [0.15, 0.2) is 41.5 Å². The van der Waals surface area contributed by atoms with E-state index in [2.05, 4.69) is 35.2 Å². The predicted molar refractivity (Wildman–Crippen MR) is 97.7 cm³/mol. The Morgan fingerprint density at radius 3 is 2.50 bits per heavy atom. The van der Waals surface area contributed by atoms with E-state index < -0.39 is 0 Å². The fraction of sp³-hybridized carbons (Fsp3) is 0.550. The summed E-state index contributed by atoms with van der Waals surface area (Å²) in [4.78, 5) is 15.5. The number of ketones is 1. The van der Waals surface area contributed by atoms with E-state index >= 15 is 0 Å². The molecule has 1 aromatic carbocycles. The number of carbonyl (C=O) groups excluding carboxylic acids is 1. The van der Waals surface area contributed by atoms with Crippen molar-refractivity contribution in [2.45, 2.75) is 31.6 Å². The summed E-state index contributed by atoms with van der Waals surface area (Å²) in [6, 6.07) is 10.7. The highest BCUT2D eigenvalue weighted by atomic mass is 35.5. The molecular formula is C20H26ClNO2. The molecule has 2 atom stereocenters. The van der Waals surface area contributed by atoms with Gasteiger partial charge in [0.05, 0.1) is 13.2 Å². The molecule has 4 heteroatoms. The van der Waals surface area contributed by atoms with Gasteiger partial charge in [0, 0.05) is 31.5 Å². The SMILES string of the molecule is Cl.O=C1C2=C(CCCC2)C(c2ccccc2)C1CN1CCOCC1. The monoisotopic (exact) mass is 347 g/mol. The Morgan fingerprint density at radius 1 is 1.04 bits per heavy atom. The number of rotatable bonds is 3. The van der Waals surface area contributed by atoms with E-state index in [4.69, 9.17) is 4.74 Å². The van der Waals surface area contributed by atoms with Gasteiger partial charge in [0.15, 0.2) is 5.78 Å². The summed E-state index contributed by atoms with van der Waals surface area (Å²) in [5.74, 6) is 0.848. The summed E-state index contributed by atoms with van der Waals surface area (Å²) in [5.41, 5.74) is 3.94. The topological polar surface area (TPSA) is 29.5 Å². The van der Waals surface area contributed by atoms with Crippen molar-refractivity contribution >= 4 is 18.2 Å². The molecule has 3 aliphatic rings. The molecule has 1 saturated heterocycles. The summed E-state index contributed by atoms with van der Waals surface area (Å²) in [5, 5.41) is 0. The Hall–Kier alpha value is -1.16. The van der Waals surface area contributed by atoms with E-state index in [1.807, 2.05) is 0 Å². The lowest BCUT2D eigenvalue weighted by Crippen LogP contribution is -2.41. The Balaban J connectivity index is 0.00000169. The van der Waals surface area contributed by atoms with Crippen LogP contribution in [0.5, 0.6) is 0 Å². The van der Waals surface area contributed by atoms with Crippen LogP contribution < -0.4 is 0 Å². The number of ether oxygens (including phenoxy) is 1. The molecule has 1 heterocycles. The summed E-state index contributed by atoms with van der Waals surface area (Å²) in [7, 11) is 0. The first-order valence-electron chi connectivity index (χ1n) is 8.96. The second-order valence-corrected chi connectivity index (χ2v) is 6.98. The van der Waals surface area contributed by atoms with E-state index in [1.54, 1.807) is 0 Å². The Kier molecular flexibility index (Phi) is 5.75. The maximum Gasteiger partial charge on any atom is 0.164 e. The van der Waals surface area contributed by atoms with Gasteiger partial charge < -0.3 is 4.74 Å². The van der Waals surface area contributed by atoms with Crippen LogP contribution in [0.4, 0.5) is 0 Å². The van der Waals surface area contributed by atoms with Crippen molar-refractivity contribution in [1.29, 1.82) is 0 Å². The zero-order valence-corrected chi connectivity index (χ0v) is 14.9. The van der Waals surface area contributed by atoms with Crippen LogP contribution in [0.25, 0.3) is 0 Å². The average molecular weight is 348 g/mol. The molecule has 0 spiro atoms. The van der Waals surface area contributed by atoms with Gasteiger partial charge in [0.2, 0.25) is 0 Å². The third-order valence-electron chi connectivity index (χ3n) is 5.64. The molecule has 1 fully saturated rings. The fourth-order valence-corrected chi connectivity index (χ4v) is 4.52. The van der Waals surface area contributed by atoms with Crippen molar-refractivity contribution in [2.24, 2.45) is 5.92 Å². The summed E-state index contributed by atoms with van der Waals surface area (Å²) in [6.07, 6.45) is 4.52. The molecule has 130 valence electrons. The van der Waals surface area contributed by atoms with Crippen LogP contribution in [-0.2, 0) is 9.53 Å². The number of hydrogen-bond acceptors (Lipinski definition) is 3. The van der Waals surface area contributed by atoms with Gasteiger partial charge in [-0.2, -0.15) is 0 Å². The predicted octanol–water partition coefficient (Wildman–Crippen LogP) is 3.59. The molecule has 2 aliphatic carbocycles. The van der Waals surface area contributed by atoms with Crippen molar-refractivity contribution in [3.63, 3.8) is 0 Å². The maximum absolute atomic E-state index is 13.1. The van der Waals surface area contributed by atoms with Crippen LogP contribution in [0.1, 0.15) is 37.2 Å². The molecule has 0 amide bonds. The van der Waals surface area contributed by atoms with Crippen LogP contribution in [-0.4, -0.2) is 43.5 Å². The molecule has 4 rings (SSSR count). The highest BCUT2D eigenvalue weighted by molar-refractivity contribution is 6.02. The molecule has 1 aliphatic heterocycles. The molecule has 0 radical (unpaired) electrons. The zero-order chi connectivity index (χ0) is 15.6. The standard InChI is InChI=1S/C20H25NO2.ClH/c22-20-17-9-5-4-8-16(17)19(15-6-2-1-3-7-15)18(20)14-21-10-12-23-13-11-21;/h1-3,6-7,18-19H,4-5,8-14H2;1H. The molecule has 2 unspecified atom stereocenters. The molecule has 24 heavy (non-hydrogen) atoms. The maximum atomic E-state index is 13.1. The molecule has 3 nitrogen and oxygen atoms in total. The minimum atomic E-state index is 0. The Morgan fingerprint density at radius 2 is 1.75 bits per heavy atom. The minimum Gasteiger partial charge on any atom is -0.379 e. The molecular weight excluding hydrogens is 322 g/mol. The molecule has 0 N–H and O–H groups in total. The van der Waals surface area contributed by atoms with Gasteiger partial charge in [-0.1, -0.05) is 35.9 Å². The van der Waals surface area contributed by atoms with Gasteiger partial charge in [-0.15, -0.1) is 12.4 Å². The zero-order valence-electron chi connectivity index (χ0n) is 14.1. The third kappa shape index (κ3) is 3.30. The van der Waals surface area contributed by atoms with Crippen molar-refractivity contribution in [1.82, 2.24) is 4.90 Å². The first-order valence-corrected chi connectivity index (χ1v) is 8.96. The van der Waals surface area contributed by atoms with Crippen LogP contribution in [0.3, 0.4) is 0 Å². The van der Waals surface area contributed by atoms with E-state index in [-0.39, 0.29) is 18.3 Å². The van der Waals surface area contributed by atoms with E-state index in [0.29, 0.717) is 11.7 Å². The average Bonchev–Trinajstić information content (AvgIpc) is 2.89. The van der Waals surface area contributed by atoms with Gasteiger partial charge in [0.1, 0.15) is 0 Å². The first kappa shape index (κ1) is 17.7. The van der Waals surface area contributed by atoms with Gasteiger partial charge >= 0.3 is 0 Å². The van der Waals surface area contributed by atoms with Crippen molar-refractivity contribution in [3.8, 4) is 0 Å². The smallest absolute Gasteiger partial charge is 0.164 e. The first-order chi connectivity index (χ1) is 11.3. The lowest BCUT2D eigenvalue weighted by Gasteiger charge is -2.31. The van der Waals surface area contributed by atoms with Gasteiger partial charge in [-0.05, 0) is 36.8 Å². The highest BCUT2D eigenvalue weighted by Crippen LogP contribution is 2.47. The van der Waals surface area contributed by atoms with Crippen LogP contribution in [0.2, 0.25) is 0 Å². The van der Waals surface area contributed by atoms with Crippen molar-refractivity contribution < 1.29 is 9.53 Å². The third-order valence-corrected chi connectivity index (χ3v) is 5.64. The highest BCUT2D eigenvalue weighted by Gasteiger charge is 2.43. The second-order valence-electron chi connectivity index (χ2n) is 6.98. The lowest BCUT2D eigenvalue weighted by atomic mass is 9.81.